The molecular weight excluding hydrogens is 306 g/mol. The van der Waals surface area contributed by atoms with Crippen molar-refractivity contribution in [3.8, 4) is 11.5 Å². The largest absolute Gasteiger partial charge is 0.493 e. The van der Waals surface area contributed by atoms with Crippen LogP contribution in [-0.2, 0) is 6.42 Å². The van der Waals surface area contributed by atoms with Crippen molar-refractivity contribution in [3.05, 3.63) is 58.7 Å². The first-order valence-electron chi connectivity index (χ1n) is 7.98. The highest BCUT2D eigenvalue weighted by Crippen LogP contribution is 2.46. The van der Waals surface area contributed by atoms with E-state index in [1.165, 1.54) is 0 Å². The first-order chi connectivity index (χ1) is 11.7. The van der Waals surface area contributed by atoms with Gasteiger partial charge in [0.25, 0.3) is 5.91 Å². The number of aliphatic hydroxyl groups is 1. The molecule has 0 saturated carbocycles. The van der Waals surface area contributed by atoms with Gasteiger partial charge in [-0.2, -0.15) is 0 Å². The Bertz CT molecular complexity index is 817. The van der Waals surface area contributed by atoms with Crippen LogP contribution in [-0.4, -0.2) is 36.7 Å². The van der Waals surface area contributed by atoms with E-state index in [0.29, 0.717) is 29.2 Å². The quantitative estimate of drug-likeness (QED) is 0.921. The summed E-state index contributed by atoms with van der Waals surface area (Å²) < 4.78 is 10.8. The SMILES string of the molecule is COc1cc2c(cc1OC)[C@@H]1[C@@H](O)c3ccccc3C(=O)N1CC2. The van der Waals surface area contributed by atoms with Gasteiger partial charge < -0.3 is 19.5 Å². The van der Waals surface area contributed by atoms with Gasteiger partial charge in [0, 0.05) is 12.1 Å². The third-order valence-electron chi connectivity index (χ3n) is 4.99. The predicted molar refractivity (Wildman–Crippen MR) is 88.4 cm³/mol. The standard InChI is InChI=1S/C19H19NO4/c1-23-15-9-11-7-8-20-17(14(11)10-16(15)24-2)18(21)12-5-3-4-6-13(12)19(20)22/h3-6,9-10,17-18,21H,7-8H2,1-2H3/t17-,18+/m1/s1. The number of amides is 1. The van der Waals surface area contributed by atoms with Crippen molar-refractivity contribution in [1.29, 1.82) is 0 Å². The minimum absolute atomic E-state index is 0.0265. The maximum Gasteiger partial charge on any atom is 0.254 e. The van der Waals surface area contributed by atoms with Crippen LogP contribution in [0.1, 0.15) is 39.2 Å². The molecule has 0 unspecified atom stereocenters. The predicted octanol–water partition coefficient (Wildman–Crippen LogP) is 2.49. The Balaban J connectivity index is 1.88. The van der Waals surface area contributed by atoms with Crippen LogP contribution in [0.15, 0.2) is 36.4 Å². The molecule has 0 aromatic heterocycles. The minimum Gasteiger partial charge on any atom is -0.493 e. The summed E-state index contributed by atoms with van der Waals surface area (Å²) in [5, 5.41) is 10.9. The molecule has 1 amide bonds. The summed E-state index contributed by atoms with van der Waals surface area (Å²) in [6, 6.07) is 10.7. The molecule has 2 heterocycles. The number of nitrogens with zero attached hydrogens (tertiary/aromatic N) is 1. The van der Waals surface area contributed by atoms with Gasteiger partial charge in [-0.1, -0.05) is 18.2 Å². The summed E-state index contributed by atoms with van der Waals surface area (Å²) in [5.41, 5.74) is 3.28. The van der Waals surface area contributed by atoms with Crippen molar-refractivity contribution < 1.29 is 19.4 Å². The van der Waals surface area contributed by atoms with Gasteiger partial charge in [0.1, 0.15) is 6.10 Å². The lowest BCUT2D eigenvalue weighted by Gasteiger charge is -2.44. The first-order valence-corrected chi connectivity index (χ1v) is 7.98. The van der Waals surface area contributed by atoms with Gasteiger partial charge in [0.05, 0.1) is 20.3 Å². The van der Waals surface area contributed by atoms with Crippen molar-refractivity contribution in [2.24, 2.45) is 0 Å². The van der Waals surface area contributed by atoms with Crippen LogP contribution >= 0.6 is 0 Å². The lowest BCUT2D eigenvalue weighted by atomic mass is 9.81. The molecule has 24 heavy (non-hydrogen) atoms. The normalized spacial score (nSPS) is 21.6. The van der Waals surface area contributed by atoms with E-state index < -0.39 is 12.1 Å². The fourth-order valence-electron chi connectivity index (χ4n) is 3.82. The van der Waals surface area contributed by atoms with E-state index in [4.69, 9.17) is 9.47 Å². The zero-order valence-electron chi connectivity index (χ0n) is 13.7. The van der Waals surface area contributed by atoms with Crippen LogP contribution in [0.3, 0.4) is 0 Å². The smallest absolute Gasteiger partial charge is 0.254 e. The number of rotatable bonds is 2. The molecule has 0 bridgehead atoms. The van der Waals surface area contributed by atoms with Crippen LogP contribution in [0.25, 0.3) is 0 Å². The highest BCUT2D eigenvalue weighted by Gasteiger charge is 2.42. The van der Waals surface area contributed by atoms with E-state index in [2.05, 4.69) is 0 Å². The summed E-state index contributed by atoms with van der Waals surface area (Å²) in [4.78, 5) is 14.6. The Morgan fingerprint density at radius 3 is 2.54 bits per heavy atom. The highest BCUT2D eigenvalue weighted by molar-refractivity contribution is 5.97. The second kappa shape index (κ2) is 5.53. The Hall–Kier alpha value is -2.53. The van der Waals surface area contributed by atoms with Crippen molar-refractivity contribution in [3.63, 3.8) is 0 Å². The maximum absolute atomic E-state index is 12.8. The number of hydrogen-bond donors (Lipinski definition) is 1. The summed E-state index contributed by atoms with van der Waals surface area (Å²) in [5.74, 6) is 1.25. The number of fused-ring (bicyclic) bond motifs is 4. The highest BCUT2D eigenvalue weighted by atomic mass is 16.5. The van der Waals surface area contributed by atoms with Crippen LogP contribution < -0.4 is 9.47 Å². The summed E-state index contributed by atoms with van der Waals surface area (Å²) in [7, 11) is 3.19. The van der Waals surface area contributed by atoms with Crippen LogP contribution in [0, 0.1) is 0 Å². The maximum atomic E-state index is 12.8. The molecule has 124 valence electrons. The number of ether oxygens (including phenoxy) is 2. The van der Waals surface area contributed by atoms with E-state index in [0.717, 1.165) is 17.5 Å². The molecular formula is C19H19NO4. The fourth-order valence-corrected chi connectivity index (χ4v) is 3.82. The summed E-state index contributed by atoms with van der Waals surface area (Å²) in [6.07, 6.45) is -0.0247. The van der Waals surface area contributed by atoms with Crippen molar-refractivity contribution in [2.45, 2.75) is 18.6 Å². The molecule has 5 nitrogen and oxygen atoms in total. The first kappa shape index (κ1) is 15.0. The molecule has 5 heteroatoms. The molecule has 2 aliphatic heterocycles. The summed E-state index contributed by atoms with van der Waals surface area (Å²) in [6.45, 7) is 0.581. The Labute approximate surface area is 140 Å². The van der Waals surface area contributed by atoms with Crippen LogP contribution in [0.4, 0.5) is 0 Å². The van der Waals surface area contributed by atoms with Crippen molar-refractivity contribution in [2.75, 3.05) is 20.8 Å². The number of hydrogen-bond acceptors (Lipinski definition) is 4. The van der Waals surface area contributed by atoms with Crippen molar-refractivity contribution >= 4 is 5.91 Å². The Kier molecular flexibility index (Phi) is 3.46. The van der Waals surface area contributed by atoms with Gasteiger partial charge in [-0.05, 0) is 41.3 Å². The number of carbonyl (C=O) groups is 1. The lowest BCUT2D eigenvalue weighted by molar-refractivity contribution is 0.0213. The van der Waals surface area contributed by atoms with Gasteiger partial charge in [-0.15, -0.1) is 0 Å². The number of aliphatic hydroxyl groups excluding tert-OH is 1. The third-order valence-corrected chi connectivity index (χ3v) is 4.99. The molecule has 4 rings (SSSR count). The number of benzene rings is 2. The van der Waals surface area contributed by atoms with Crippen LogP contribution in [0.2, 0.25) is 0 Å². The van der Waals surface area contributed by atoms with E-state index in [9.17, 15) is 9.90 Å². The zero-order valence-corrected chi connectivity index (χ0v) is 13.7. The lowest BCUT2D eigenvalue weighted by Crippen LogP contribution is -2.46. The van der Waals surface area contributed by atoms with E-state index in [1.807, 2.05) is 30.3 Å². The molecule has 0 fully saturated rings. The van der Waals surface area contributed by atoms with Crippen LogP contribution in [0.5, 0.6) is 11.5 Å². The molecule has 0 aliphatic carbocycles. The van der Waals surface area contributed by atoms with Gasteiger partial charge >= 0.3 is 0 Å². The zero-order chi connectivity index (χ0) is 16.8. The molecule has 2 aliphatic rings. The molecule has 0 spiro atoms. The minimum atomic E-state index is -0.754. The number of carbonyl (C=O) groups excluding carboxylic acids is 1. The molecule has 2 aromatic carbocycles. The molecule has 0 saturated heterocycles. The average molecular weight is 325 g/mol. The average Bonchev–Trinajstić information content (AvgIpc) is 2.64. The van der Waals surface area contributed by atoms with E-state index in [1.54, 1.807) is 25.2 Å². The third kappa shape index (κ3) is 2.01. The van der Waals surface area contributed by atoms with E-state index >= 15 is 0 Å². The second-order valence-electron chi connectivity index (χ2n) is 6.13. The summed E-state index contributed by atoms with van der Waals surface area (Å²) >= 11 is 0. The Morgan fingerprint density at radius 2 is 1.79 bits per heavy atom. The van der Waals surface area contributed by atoms with Crippen molar-refractivity contribution in [1.82, 2.24) is 4.90 Å². The molecule has 2 aromatic rings. The Morgan fingerprint density at radius 1 is 1.08 bits per heavy atom. The topological polar surface area (TPSA) is 59.0 Å². The molecule has 0 radical (unpaired) electrons. The van der Waals surface area contributed by atoms with Gasteiger partial charge in [0.2, 0.25) is 0 Å². The van der Waals surface area contributed by atoms with Gasteiger partial charge in [-0.3, -0.25) is 4.79 Å². The monoisotopic (exact) mass is 325 g/mol. The fraction of sp³-hybridized carbons (Fsp3) is 0.316. The van der Waals surface area contributed by atoms with Gasteiger partial charge in [-0.25, -0.2) is 0 Å². The van der Waals surface area contributed by atoms with Gasteiger partial charge in [0.15, 0.2) is 11.5 Å². The second-order valence-corrected chi connectivity index (χ2v) is 6.13. The van der Waals surface area contributed by atoms with E-state index in [-0.39, 0.29) is 5.91 Å². The number of methoxy groups -OCH3 is 2. The molecule has 2 atom stereocenters. The molecule has 1 N–H and O–H groups in total.